The maximum atomic E-state index is 15.6. The third-order valence-corrected chi connectivity index (χ3v) is 23.3. The van der Waals surface area contributed by atoms with Gasteiger partial charge in [-0.3, -0.25) is 52.7 Å². The number of nitrogens with zero attached hydrogens (tertiary/aromatic N) is 8. The van der Waals surface area contributed by atoms with E-state index >= 15 is 46.3 Å². The molecule has 3 saturated heterocycles. The molecule has 4 aliphatic heterocycles. The molecule has 23 nitrogen and oxygen atoms in total. The van der Waals surface area contributed by atoms with E-state index in [4.69, 9.17) is 4.74 Å². The summed E-state index contributed by atoms with van der Waals surface area (Å²) in [4.78, 5) is 174. The molecule has 1 spiro atoms. The number of alkyl halides is 10. The fourth-order valence-corrected chi connectivity index (χ4v) is 16.9. The minimum atomic E-state index is -5.25. The first-order valence-corrected chi connectivity index (χ1v) is 37.4. The van der Waals surface area contributed by atoms with Gasteiger partial charge in [-0.15, -0.1) is 0 Å². The van der Waals surface area contributed by atoms with Crippen LogP contribution < -0.4 is 16.0 Å². The molecule has 4 heterocycles. The fraction of sp³-hybridized carbons (Fsp3) is 0.819. The van der Waals surface area contributed by atoms with Gasteiger partial charge in [0.25, 0.3) is 5.92 Å². The molecule has 6 fully saturated rings. The van der Waals surface area contributed by atoms with Crippen LogP contribution in [-0.4, -0.2) is 269 Å². The third kappa shape index (κ3) is 20.3. The van der Waals surface area contributed by atoms with Crippen LogP contribution >= 0.6 is 0 Å². The predicted octanol–water partition coefficient (Wildman–Crippen LogP) is 7.28. The van der Waals surface area contributed by atoms with Crippen molar-refractivity contribution < 1.29 is 101 Å². The summed E-state index contributed by atoms with van der Waals surface area (Å²) in [6, 6.07) is -11.0. The molecule has 3 aliphatic carbocycles. The number of halogens is 10. The van der Waals surface area contributed by atoms with Crippen molar-refractivity contribution in [2.24, 2.45) is 35.5 Å². The van der Waals surface area contributed by atoms with E-state index in [0.29, 0.717) is 19.3 Å². The first-order valence-electron chi connectivity index (χ1n) is 37.4. The smallest absolute Gasteiger partial charge is 0.377 e. The van der Waals surface area contributed by atoms with Crippen LogP contribution in [0.15, 0.2) is 12.2 Å². The SMILES string of the molecule is CCO[C@@H]1C[C@H]2C(=O)NC3(CC(F)(F)C3)C(=O)N(C)[C@@H](C(CC)CC)C(=O)N3CCC[C@@H]3CC(=O)N(C)[C@@H](CC)C(=O)N[C@@H]([C@@H](C)CC)C(=O)N(C)CC(=O)N(C)[C@H]3C/C=C\CCN(C3=O)[C@@H](CC3CCC(C(F)(F)F)CC3)C(=O)N(C)CC(=O)N[C@@H](CCC3CC(F)C(C(F)(F)F)C(F)C3)C(=O)N2C1. The van der Waals surface area contributed by atoms with E-state index in [1.165, 1.54) is 49.9 Å². The lowest BCUT2D eigenvalue weighted by molar-refractivity contribution is -0.219. The van der Waals surface area contributed by atoms with Crippen molar-refractivity contribution in [2.75, 3.05) is 74.6 Å². The monoisotopic (exact) mass is 1510 g/mol. The quantitative estimate of drug-likeness (QED) is 0.121. The summed E-state index contributed by atoms with van der Waals surface area (Å²) in [5.74, 6) is -20.6. The van der Waals surface area contributed by atoms with Crippen molar-refractivity contribution in [2.45, 2.75) is 267 Å². The molecule has 7 aliphatic rings. The van der Waals surface area contributed by atoms with E-state index in [2.05, 4.69) is 16.0 Å². The van der Waals surface area contributed by atoms with Crippen molar-refractivity contribution in [3.8, 4) is 0 Å². The predicted molar refractivity (Wildman–Crippen MR) is 364 cm³/mol. The summed E-state index contributed by atoms with van der Waals surface area (Å²) >= 11 is 0. The maximum absolute atomic E-state index is 15.6. The Kier molecular flexibility index (Phi) is 29.2. The maximum Gasteiger partial charge on any atom is 0.397 e. The number of fused-ring (bicyclic) bond motifs is 4. The Hall–Kier alpha value is -6.83. The van der Waals surface area contributed by atoms with Crippen LogP contribution in [0.2, 0.25) is 0 Å². The van der Waals surface area contributed by atoms with E-state index in [1.54, 1.807) is 53.7 Å². The van der Waals surface area contributed by atoms with Crippen molar-refractivity contribution in [3.05, 3.63) is 12.2 Å². The Morgan fingerprint density at radius 2 is 1.24 bits per heavy atom. The van der Waals surface area contributed by atoms with Crippen LogP contribution in [0.3, 0.4) is 0 Å². The highest BCUT2D eigenvalue weighted by atomic mass is 19.4. The number of nitrogens with one attached hydrogen (secondary N) is 3. The van der Waals surface area contributed by atoms with Crippen LogP contribution in [0.25, 0.3) is 0 Å². The minimum absolute atomic E-state index is 0.00464. The number of carbonyl (C=O) groups is 11. The van der Waals surface area contributed by atoms with Gasteiger partial charge in [-0.2, -0.15) is 26.3 Å². The molecule has 105 heavy (non-hydrogen) atoms. The van der Waals surface area contributed by atoms with Crippen molar-refractivity contribution in [1.82, 2.24) is 55.1 Å². The first kappa shape index (κ1) is 85.4. The molecule has 3 saturated carbocycles. The lowest BCUT2D eigenvalue weighted by Crippen LogP contribution is -2.72. The minimum Gasteiger partial charge on any atom is -0.377 e. The number of likely N-dealkylation sites (N-methyl/N-ethyl adjacent to an activating group) is 5. The third-order valence-electron chi connectivity index (χ3n) is 23.3. The van der Waals surface area contributed by atoms with E-state index in [-0.39, 0.29) is 96.7 Å². The van der Waals surface area contributed by atoms with E-state index in [9.17, 15) is 50.3 Å². The van der Waals surface area contributed by atoms with Crippen LogP contribution in [-0.2, 0) is 57.5 Å². The zero-order valence-corrected chi connectivity index (χ0v) is 62.3. The summed E-state index contributed by atoms with van der Waals surface area (Å²) in [5.41, 5.74) is -2.42. The highest BCUT2D eigenvalue weighted by Crippen LogP contribution is 2.49. The highest BCUT2D eigenvalue weighted by molar-refractivity contribution is 6.00. The number of amides is 11. The van der Waals surface area contributed by atoms with Gasteiger partial charge in [-0.25, -0.2) is 17.6 Å². The zero-order valence-electron chi connectivity index (χ0n) is 62.3. The average molecular weight is 1510 g/mol. The average Bonchev–Trinajstić information content (AvgIpc) is 1.72. The molecule has 0 aromatic carbocycles. The Morgan fingerprint density at radius 3 is 1.81 bits per heavy atom. The number of carbonyl (C=O) groups excluding carboxylic acids is 11. The lowest BCUT2D eigenvalue weighted by atomic mass is 9.71. The van der Waals surface area contributed by atoms with E-state index < -0.39 is 249 Å². The van der Waals surface area contributed by atoms with Gasteiger partial charge in [0, 0.05) is 93.2 Å². The second kappa shape index (κ2) is 35.9. The summed E-state index contributed by atoms with van der Waals surface area (Å²) in [6.07, 6.45) is -17.7. The van der Waals surface area contributed by atoms with Crippen LogP contribution in [0.1, 0.15) is 176 Å². The summed E-state index contributed by atoms with van der Waals surface area (Å²) in [6.45, 7) is 8.19. The molecule has 2 bridgehead atoms. The summed E-state index contributed by atoms with van der Waals surface area (Å²) < 4.78 is 152. The zero-order chi connectivity index (χ0) is 78.1. The molecule has 11 amide bonds. The van der Waals surface area contributed by atoms with Gasteiger partial charge in [0.05, 0.1) is 25.1 Å². The number of ether oxygens (including phenoxy) is 1. The van der Waals surface area contributed by atoms with E-state index in [0.717, 1.165) is 24.5 Å². The molecular formula is C72H109F10N11O12. The molecule has 12 atom stereocenters. The second-order valence-electron chi connectivity index (χ2n) is 30.5. The molecule has 2 unspecified atom stereocenters. The van der Waals surface area contributed by atoms with Crippen molar-refractivity contribution in [1.29, 1.82) is 0 Å². The Morgan fingerprint density at radius 1 is 0.610 bits per heavy atom. The van der Waals surface area contributed by atoms with Crippen molar-refractivity contribution in [3.63, 3.8) is 0 Å². The van der Waals surface area contributed by atoms with Crippen LogP contribution in [0.5, 0.6) is 0 Å². The molecule has 3 N–H and O–H groups in total. The first-order chi connectivity index (χ1) is 49.2. The van der Waals surface area contributed by atoms with Gasteiger partial charge in [-0.05, 0) is 120 Å². The molecule has 0 aromatic rings. The van der Waals surface area contributed by atoms with Crippen LogP contribution in [0, 0.1) is 35.5 Å². The second-order valence-corrected chi connectivity index (χ2v) is 30.5. The van der Waals surface area contributed by atoms with Gasteiger partial charge in [0.2, 0.25) is 65.0 Å². The Bertz CT molecular complexity index is 3120. The van der Waals surface area contributed by atoms with Crippen LogP contribution in [0.4, 0.5) is 43.9 Å². The molecular weight excluding hydrogens is 1400 g/mol. The standard InChI is InChI=1S/C72H109F10N11O12/c1-12-41(6)59-66(102)87(8)38-57(96)89(10)52-22-18-17-19-29-92(65(52)101)54(33-42-23-26-45(27-24-42)71(77,78)79)64(100)86(7)37-55(94)83-50(28-25-43-31-48(73)58(49(74)32-43)72(80,81)82)63(99)93-36-47(105-16-5)35-53(93)62(98)85-69(39-70(75,76)40-69)68(104)90(11)60(44(13-2)14-3)67(103)91-30-20-21-46(91)34-56(95)88(9)51(15-4)61(97)84-59/h17-18,41-54,58-60H,12-16,19-40H2,1-11H3,(H,83,94)(H,84,97)(H,85,98)/b18-17-/t41-,42?,43?,45?,46+,47+,48?,49?,50-,51-,52-,53-,54-,58?,59-,60-/m0/s1. The van der Waals surface area contributed by atoms with Gasteiger partial charge in [0.1, 0.15) is 66.1 Å². The largest absolute Gasteiger partial charge is 0.397 e. The lowest BCUT2D eigenvalue weighted by Gasteiger charge is -2.50. The van der Waals surface area contributed by atoms with Gasteiger partial charge < -0.3 is 59.9 Å². The topological polar surface area (TPSA) is 259 Å². The molecule has 7 rings (SSSR count). The fourth-order valence-electron chi connectivity index (χ4n) is 16.9. The highest BCUT2D eigenvalue weighted by Gasteiger charge is 2.64. The van der Waals surface area contributed by atoms with E-state index in [1.807, 2.05) is 0 Å². The number of rotatable bonds is 13. The summed E-state index contributed by atoms with van der Waals surface area (Å²) in [5, 5.41) is 7.89. The summed E-state index contributed by atoms with van der Waals surface area (Å²) in [7, 11) is 6.46. The van der Waals surface area contributed by atoms with Crippen molar-refractivity contribution >= 4 is 65.0 Å². The molecule has 0 radical (unpaired) electrons. The molecule has 33 heteroatoms. The Balaban J connectivity index is 1.31. The van der Waals surface area contributed by atoms with Gasteiger partial charge in [-0.1, -0.05) is 66.0 Å². The van der Waals surface area contributed by atoms with Gasteiger partial charge >= 0.3 is 12.4 Å². The van der Waals surface area contributed by atoms with Gasteiger partial charge in [0.15, 0.2) is 0 Å². The normalized spacial score (nSPS) is 32.7. The molecule has 0 aromatic heterocycles. The Labute approximate surface area is 608 Å². The number of hydrogen-bond donors (Lipinski definition) is 3. The molecule has 594 valence electrons. The number of hydrogen-bond acceptors (Lipinski definition) is 12.